The highest BCUT2D eigenvalue weighted by atomic mass is 19.4. The number of nitriles is 1. The molecule has 0 N–H and O–H groups in total. The van der Waals surface area contributed by atoms with Crippen LogP contribution in [0.4, 0.5) is 24.5 Å². The molecule has 3 heterocycles. The third kappa shape index (κ3) is 3.91. The minimum absolute atomic E-state index is 0.0771. The topological polar surface area (TPSA) is 81.9 Å². The first-order valence-corrected chi connectivity index (χ1v) is 11.8. The van der Waals surface area contributed by atoms with E-state index in [-0.39, 0.29) is 23.0 Å². The number of benzene rings is 1. The zero-order chi connectivity index (χ0) is 26.6. The van der Waals surface area contributed by atoms with E-state index in [0.717, 1.165) is 18.7 Å². The van der Waals surface area contributed by atoms with E-state index in [4.69, 9.17) is 14.7 Å². The molecule has 0 radical (unpaired) electrons. The fourth-order valence-corrected chi connectivity index (χ4v) is 4.98. The van der Waals surface area contributed by atoms with E-state index in [0.29, 0.717) is 44.1 Å². The Morgan fingerprint density at radius 2 is 1.89 bits per heavy atom. The van der Waals surface area contributed by atoms with Gasteiger partial charge in [0.2, 0.25) is 0 Å². The number of aromatic nitrogens is 1. The second kappa shape index (κ2) is 8.75. The average molecular weight is 514 g/mol. The Hall–Kier alpha value is -3.62. The Morgan fingerprint density at radius 1 is 1.22 bits per heavy atom. The normalized spacial score (nSPS) is 20.1. The standard InChI is InChI=1S/C26H26F3N5O3/c1-17-33(19-11-21(26(27,28)29)22(12-30)31-13-19)23(35)25(9-4-10-25)34(17)18-5-7-20(8-6-18)37-16-24(32(2)3)14-36-15-24/h5-8,11,13H,1,4,9-10,14-16H2,2-3H3. The van der Waals surface area contributed by atoms with Crippen molar-refractivity contribution in [3.63, 3.8) is 0 Å². The molecule has 3 fully saturated rings. The summed E-state index contributed by atoms with van der Waals surface area (Å²) in [5.74, 6) is 0.524. The van der Waals surface area contributed by atoms with E-state index in [1.165, 1.54) is 11.0 Å². The van der Waals surface area contributed by atoms with Gasteiger partial charge in [0.15, 0.2) is 5.69 Å². The van der Waals surface area contributed by atoms with Gasteiger partial charge in [0.05, 0.1) is 30.7 Å². The molecule has 1 amide bonds. The molecule has 0 atom stereocenters. The van der Waals surface area contributed by atoms with E-state index in [1.54, 1.807) is 17.0 Å². The van der Waals surface area contributed by atoms with Gasteiger partial charge in [-0.25, -0.2) is 4.98 Å². The van der Waals surface area contributed by atoms with Gasteiger partial charge < -0.3 is 14.4 Å². The van der Waals surface area contributed by atoms with Gasteiger partial charge in [-0.3, -0.25) is 14.6 Å². The molecule has 1 saturated carbocycles. The van der Waals surface area contributed by atoms with Crippen LogP contribution in [0, 0.1) is 11.3 Å². The van der Waals surface area contributed by atoms with Crippen molar-refractivity contribution >= 4 is 17.3 Å². The van der Waals surface area contributed by atoms with Crippen LogP contribution in [0.5, 0.6) is 5.75 Å². The second-order valence-corrected chi connectivity index (χ2v) is 9.87. The lowest BCUT2D eigenvalue weighted by atomic mass is 9.75. The number of halogens is 3. The van der Waals surface area contributed by atoms with Crippen molar-refractivity contribution in [2.45, 2.75) is 36.5 Å². The summed E-state index contributed by atoms with van der Waals surface area (Å²) < 4.78 is 52.1. The number of carbonyl (C=O) groups is 1. The molecule has 8 nitrogen and oxygen atoms in total. The fourth-order valence-electron chi connectivity index (χ4n) is 4.98. The number of hydrogen-bond acceptors (Lipinski definition) is 7. The molecule has 0 unspecified atom stereocenters. The lowest BCUT2D eigenvalue weighted by Crippen LogP contribution is -2.63. The predicted molar refractivity (Wildman–Crippen MR) is 129 cm³/mol. The molecule has 2 aromatic rings. The van der Waals surface area contributed by atoms with E-state index >= 15 is 0 Å². The van der Waals surface area contributed by atoms with Crippen molar-refractivity contribution in [3.8, 4) is 11.8 Å². The molecule has 37 heavy (non-hydrogen) atoms. The van der Waals surface area contributed by atoms with E-state index in [9.17, 15) is 18.0 Å². The quantitative estimate of drug-likeness (QED) is 0.579. The summed E-state index contributed by atoms with van der Waals surface area (Å²) in [7, 11) is 3.96. The maximum atomic E-state index is 13.6. The van der Waals surface area contributed by atoms with Crippen LogP contribution in [-0.4, -0.2) is 60.8 Å². The van der Waals surface area contributed by atoms with Crippen LogP contribution in [-0.2, 0) is 15.7 Å². The van der Waals surface area contributed by atoms with Crippen LogP contribution >= 0.6 is 0 Å². The predicted octanol–water partition coefficient (Wildman–Crippen LogP) is 3.93. The Labute approximate surface area is 212 Å². The summed E-state index contributed by atoms with van der Waals surface area (Å²) >= 11 is 0. The number of rotatable bonds is 6. The second-order valence-electron chi connectivity index (χ2n) is 9.87. The number of hydrogen-bond donors (Lipinski definition) is 0. The minimum Gasteiger partial charge on any atom is -0.491 e. The lowest BCUT2D eigenvalue weighted by Gasteiger charge is -2.46. The highest BCUT2D eigenvalue weighted by Gasteiger charge is 2.59. The summed E-state index contributed by atoms with van der Waals surface area (Å²) in [6, 6.07) is 9.48. The minimum atomic E-state index is -4.79. The third-order valence-electron chi connectivity index (χ3n) is 7.56. The van der Waals surface area contributed by atoms with Crippen LogP contribution in [0.3, 0.4) is 0 Å². The monoisotopic (exact) mass is 513 g/mol. The summed E-state index contributed by atoms with van der Waals surface area (Å²) in [4.78, 5) is 22.3. The first-order valence-electron chi connectivity index (χ1n) is 11.8. The van der Waals surface area contributed by atoms with Crippen LogP contribution in [0.15, 0.2) is 48.9 Å². The van der Waals surface area contributed by atoms with Gasteiger partial charge in [-0.05, 0) is 63.7 Å². The summed E-state index contributed by atoms with van der Waals surface area (Å²) in [5.41, 5.74) is -2.43. The zero-order valence-electron chi connectivity index (χ0n) is 20.5. The molecule has 3 aliphatic rings. The van der Waals surface area contributed by atoms with Crippen molar-refractivity contribution in [1.29, 1.82) is 5.26 Å². The molecule has 11 heteroatoms. The van der Waals surface area contributed by atoms with Crippen molar-refractivity contribution in [2.75, 3.05) is 43.7 Å². The third-order valence-corrected chi connectivity index (χ3v) is 7.56. The molecule has 2 saturated heterocycles. The molecule has 1 spiro atoms. The van der Waals surface area contributed by atoms with Crippen LogP contribution in [0.25, 0.3) is 0 Å². The van der Waals surface area contributed by atoms with Crippen molar-refractivity contribution < 1.29 is 27.4 Å². The number of alkyl halides is 3. The number of carbonyl (C=O) groups excluding carboxylic acids is 1. The Kier molecular flexibility index (Phi) is 5.92. The van der Waals surface area contributed by atoms with Crippen molar-refractivity contribution in [1.82, 2.24) is 9.88 Å². The number of ether oxygens (including phenoxy) is 2. The molecule has 0 bridgehead atoms. The zero-order valence-corrected chi connectivity index (χ0v) is 20.5. The van der Waals surface area contributed by atoms with Crippen molar-refractivity contribution in [3.05, 3.63) is 60.2 Å². The van der Waals surface area contributed by atoms with Crippen LogP contribution in [0.2, 0.25) is 0 Å². The Morgan fingerprint density at radius 3 is 2.38 bits per heavy atom. The van der Waals surface area contributed by atoms with E-state index < -0.39 is 23.0 Å². The highest BCUT2D eigenvalue weighted by molar-refractivity contribution is 6.10. The summed E-state index contributed by atoms with van der Waals surface area (Å²) in [6.07, 6.45) is -1.80. The van der Waals surface area contributed by atoms with Crippen LogP contribution in [0.1, 0.15) is 30.5 Å². The lowest BCUT2D eigenvalue weighted by molar-refractivity contribution is -0.141. The van der Waals surface area contributed by atoms with E-state index in [2.05, 4.69) is 16.5 Å². The number of likely N-dealkylation sites (N-methyl/N-ethyl adjacent to an activating group) is 1. The molecular formula is C26H26F3N5O3. The first kappa shape index (κ1) is 25.0. The summed E-state index contributed by atoms with van der Waals surface area (Å²) in [6.45, 7) is 5.70. The molecule has 2 aliphatic heterocycles. The number of amides is 1. The maximum Gasteiger partial charge on any atom is 0.419 e. The smallest absolute Gasteiger partial charge is 0.419 e. The average Bonchev–Trinajstić information content (AvgIpc) is 3.04. The number of anilines is 2. The van der Waals surface area contributed by atoms with Gasteiger partial charge in [-0.15, -0.1) is 0 Å². The Bertz CT molecular complexity index is 1280. The first-order chi connectivity index (χ1) is 17.5. The van der Waals surface area contributed by atoms with E-state index in [1.807, 2.05) is 26.2 Å². The molecule has 194 valence electrons. The Balaban J connectivity index is 1.42. The van der Waals surface area contributed by atoms with Gasteiger partial charge in [-0.1, -0.05) is 6.58 Å². The number of pyridine rings is 1. The van der Waals surface area contributed by atoms with Crippen molar-refractivity contribution in [2.24, 2.45) is 0 Å². The molecular weight excluding hydrogens is 487 g/mol. The summed E-state index contributed by atoms with van der Waals surface area (Å²) in [5, 5.41) is 9.07. The molecule has 1 aromatic carbocycles. The number of nitrogens with zero attached hydrogens (tertiary/aromatic N) is 5. The fraction of sp³-hybridized carbons (Fsp3) is 0.423. The van der Waals surface area contributed by atoms with Gasteiger partial charge in [0.1, 0.15) is 35.3 Å². The van der Waals surface area contributed by atoms with Gasteiger partial charge in [0.25, 0.3) is 5.91 Å². The largest absolute Gasteiger partial charge is 0.491 e. The molecule has 1 aromatic heterocycles. The maximum absolute atomic E-state index is 13.6. The van der Waals surface area contributed by atoms with Gasteiger partial charge in [0, 0.05) is 5.69 Å². The highest BCUT2D eigenvalue weighted by Crippen LogP contribution is 2.50. The van der Waals surface area contributed by atoms with Crippen LogP contribution < -0.4 is 14.5 Å². The molecule has 1 aliphatic carbocycles. The SMILES string of the molecule is C=C1N(c2cnc(C#N)c(C(F)(F)F)c2)C(=O)C2(CCC2)N1c1ccc(OCC2(N(C)C)COC2)cc1. The van der Waals surface area contributed by atoms with Gasteiger partial charge in [-0.2, -0.15) is 18.4 Å². The van der Waals surface area contributed by atoms with Gasteiger partial charge >= 0.3 is 6.18 Å². The molecule has 5 rings (SSSR count).